The van der Waals surface area contributed by atoms with Gasteiger partial charge in [-0.3, -0.25) is 4.79 Å². The van der Waals surface area contributed by atoms with Crippen molar-refractivity contribution < 1.29 is 23.9 Å². The van der Waals surface area contributed by atoms with Gasteiger partial charge in [-0.05, 0) is 40.0 Å². The van der Waals surface area contributed by atoms with E-state index >= 15 is 0 Å². The molecule has 7 heteroatoms. The molecule has 1 heterocycles. The summed E-state index contributed by atoms with van der Waals surface area (Å²) >= 11 is 0. The van der Waals surface area contributed by atoms with Crippen LogP contribution in [0.5, 0.6) is 0 Å². The van der Waals surface area contributed by atoms with Gasteiger partial charge in [-0.2, -0.15) is 0 Å². The van der Waals surface area contributed by atoms with Gasteiger partial charge in [0, 0.05) is 12.0 Å². The number of rotatable bonds is 5. The van der Waals surface area contributed by atoms with Crippen LogP contribution in [-0.2, 0) is 19.1 Å². The van der Waals surface area contributed by atoms with Gasteiger partial charge in [0.15, 0.2) is 6.10 Å². The summed E-state index contributed by atoms with van der Waals surface area (Å²) in [5.74, 6) is -0.620. The van der Waals surface area contributed by atoms with Gasteiger partial charge < -0.3 is 19.6 Å². The predicted molar refractivity (Wildman–Crippen MR) is 93.2 cm³/mol. The molecule has 0 spiro atoms. The summed E-state index contributed by atoms with van der Waals surface area (Å²) in [6, 6.07) is -0.259. The molecule has 1 fully saturated rings. The van der Waals surface area contributed by atoms with E-state index in [0.29, 0.717) is 6.42 Å². The summed E-state index contributed by atoms with van der Waals surface area (Å²) in [6.45, 7) is 9.66. The molecule has 1 amide bonds. The van der Waals surface area contributed by atoms with E-state index in [1.807, 2.05) is 20.8 Å². The molecule has 0 aromatic rings. The van der Waals surface area contributed by atoms with Gasteiger partial charge in [-0.15, -0.1) is 0 Å². The average molecular weight is 354 g/mol. The minimum atomic E-state index is -0.581. The molecule has 142 valence electrons. The lowest BCUT2D eigenvalue weighted by atomic mass is 9.84. The lowest BCUT2D eigenvalue weighted by Crippen LogP contribution is -2.45. The summed E-state index contributed by atoms with van der Waals surface area (Å²) in [5.41, 5.74) is 0.352. The monoisotopic (exact) mass is 354 g/mol. The van der Waals surface area contributed by atoms with Gasteiger partial charge in [0.2, 0.25) is 0 Å². The standard InChI is InChI=1S/C18H30N2O5/c1-7-10(8-2)14-13-12(19-17(22)24-18(3,4)5)9-11(16(21)23-6)15(13)25-20-14/h10-13,15H,7-9H2,1-6H3,(H,19,22)/t11-,12-,13-,15-/m0/s1. The fourth-order valence-corrected chi connectivity index (χ4v) is 3.77. The highest BCUT2D eigenvalue weighted by atomic mass is 16.6. The van der Waals surface area contributed by atoms with Crippen molar-refractivity contribution >= 4 is 17.8 Å². The van der Waals surface area contributed by atoms with E-state index < -0.39 is 17.6 Å². The molecule has 0 aromatic heterocycles. The Bertz CT molecular complexity index is 536. The Hall–Kier alpha value is -1.79. The van der Waals surface area contributed by atoms with Crippen LogP contribution in [0, 0.1) is 17.8 Å². The topological polar surface area (TPSA) is 86.2 Å². The van der Waals surface area contributed by atoms with Crippen molar-refractivity contribution in [2.75, 3.05) is 7.11 Å². The number of nitrogens with one attached hydrogen (secondary N) is 1. The second-order valence-corrected chi connectivity index (χ2v) is 7.74. The van der Waals surface area contributed by atoms with Gasteiger partial charge in [-0.1, -0.05) is 19.0 Å². The number of amides is 1. The van der Waals surface area contributed by atoms with E-state index in [1.54, 1.807) is 0 Å². The third-order valence-corrected chi connectivity index (χ3v) is 4.92. The maximum absolute atomic E-state index is 12.2. The molecule has 1 aliphatic heterocycles. The van der Waals surface area contributed by atoms with Gasteiger partial charge in [0.25, 0.3) is 0 Å². The van der Waals surface area contributed by atoms with Crippen molar-refractivity contribution in [2.45, 2.75) is 71.6 Å². The average Bonchev–Trinajstić information content (AvgIpc) is 3.08. The van der Waals surface area contributed by atoms with Crippen molar-refractivity contribution in [3.05, 3.63) is 0 Å². The first kappa shape index (κ1) is 19.5. The van der Waals surface area contributed by atoms with E-state index in [1.165, 1.54) is 7.11 Å². The summed E-state index contributed by atoms with van der Waals surface area (Å²) in [7, 11) is 1.36. The molecular weight excluding hydrogens is 324 g/mol. The third kappa shape index (κ3) is 4.25. The minimum Gasteiger partial charge on any atom is -0.469 e. The first-order valence-electron chi connectivity index (χ1n) is 9.02. The second-order valence-electron chi connectivity index (χ2n) is 7.74. The van der Waals surface area contributed by atoms with E-state index in [2.05, 4.69) is 24.3 Å². The van der Waals surface area contributed by atoms with Crippen LogP contribution in [0.4, 0.5) is 4.79 Å². The molecule has 0 unspecified atom stereocenters. The van der Waals surface area contributed by atoms with E-state index in [0.717, 1.165) is 18.6 Å². The molecule has 0 radical (unpaired) electrons. The number of oxime groups is 1. The fourth-order valence-electron chi connectivity index (χ4n) is 3.77. The Balaban J connectivity index is 2.20. The molecule has 1 N–H and O–H groups in total. The summed E-state index contributed by atoms with van der Waals surface area (Å²) in [5, 5.41) is 7.20. The highest BCUT2D eigenvalue weighted by molar-refractivity contribution is 5.93. The SMILES string of the molecule is CCC(CC)C1=NO[C@@H]2[C@H]1[C@@H](NC(=O)OC(C)(C)C)C[C@@H]2C(=O)OC. The number of hydrogen-bond donors (Lipinski definition) is 1. The van der Waals surface area contributed by atoms with Crippen LogP contribution in [0.1, 0.15) is 53.9 Å². The minimum absolute atomic E-state index is 0.124. The largest absolute Gasteiger partial charge is 0.469 e. The first-order chi connectivity index (χ1) is 11.7. The Morgan fingerprint density at radius 2 is 1.96 bits per heavy atom. The van der Waals surface area contributed by atoms with E-state index in [4.69, 9.17) is 14.3 Å². The lowest BCUT2D eigenvalue weighted by molar-refractivity contribution is -0.149. The number of esters is 1. The quantitative estimate of drug-likeness (QED) is 0.767. The maximum Gasteiger partial charge on any atom is 0.407 e. The van der Waals surface area contributed by atoms with Crippen LogP contribution in [0.2, 0.25) is 0 Å². The van der Waals surface area contributed by atoms with Gasteiger partial charge in [0.1, 0.15) is 5.60 Å². The van der Waals surface area contributed by atoms with Crippen LogP contribution >= 0.6 is 0 Å². The molecule has 2 rings (SSSR count). The van der Waals surface area contributed by atoms with E-state index in [-0.39, 0.29) is 30.0 Å². The second kappa shape index (κ2) is 7.62. The molecule has 0 aromatic carbocycles. The molecule has 0 saturated heterocycles. The zero-order chi connectivity index (χ0) is 18.8. The number of alkyl carbamates (subject to hydrolysis) is 1. The molecular formula is C18H30N2O5. The smallest absolute Gasteiger partial charge is 0.407 e. The number of methoxy groups -OCH3 is 1. The number of carbonyl (C=O) groups is 2. The molecule has 1 aliphatic carbocycles. The Morgan fingerprint density at radius 3 is 2.48 bits per heavy atom. The molecule has 25 heavy (non-hydrogen) atoms. The summed E-state index contributed by atoms with van der Waals surface area (Å²) < 4.78 is 10.3. The van der Waals surface area contributed by atoms with Crippen LogP contribution in [0.3, 0.4) is 0 Å². The first-order valence-corrected chi connectivity index (χ1v) is 9.02. The highest BCUT2D eigenvalue weighted by Gasteiger charge is 2.55. The summed E-state index contributed by atoms with van der Waals surface area (Å²) in [6.07, 6.45) is 1.45. The number of fused-ring (bicyclic) bond motifs is 1. The maximum atomic E-state index is 12.2. The van der Waals surface area contributed by atoms with Gasteiger partial charge in [0.05, 0.1) is 24.7 Å². The number of hydrogen-bond acceptors (Lipinski definition) is 6. The van der Waals surface area contributed by atoms with Crippen molar-refractivity contribution in [3.8, 4) is 0 Å². The van der Waals surface area contributed by atoms with Gasteiger partial charge >= 0.3 is 12.1 Å². The van der Waals surface area contributed by atoms with Crippen LogP contribution in [-0.4, -0.2) is 42.6 Å². The molecule has 2 aliphatic rings. The molecule has 1 saturated carbocycles. The zero-order valence-electron chi connectivity index (χ0n) is 16.0. The fraction of sp³-hybridized carbons (Fsp3) is 0.833. The summed E-state index contributed by atoms with van der Waals surface area (Å²) in [4.78, 5) is 30.0. The van der Waals surface area contributed by atoms with E-state index in [9.17, 15) is 9.59 Å². The Kier molecular flexibility index (Phi) is 5.95. The zero-order valence-corrected chi connectivity index (χ0v) is 16.0. The van der Waals surface area contributed by atoms with Crippen LogP contribution in [0.15, 0.2) is 5.16 Å². The third-order valence-electron chi connectivity index (χ3n) is 4.92. The number of ether oxygens (including phenoxy) is 2. The Labute approximate surface area is 149 Å². The number of nitrogens with zero attached hydrogens (tertiary/aromatic N) is 1. The van der Waals surface area contributed by atoms with Crippen molar-refractivity contribution in [1.82, 2.24) is 5.32 Å². The highest BCUT2D eigenvalue weighted by Crippen LogP contribution is 2.42. The van der Waals surface area contributed by atoms with Gasteiger partial charge in [-0.25, -0.2) is 4.79 Å². The molecule has 7 nitrogen and oxygen atoms in total. The van der Waals surface area contributed by atoms with Crippen molar-refractivity contribution in [2.24, 2.45) is 22.9 Å². The molecule has 0 bridgehead atoms. The Morgan fingerprint density at radius 1 is 1.32 bits per heavy atom. The van der Waals surface area contributed by atoms with Crippen LogP contribution < -0.4 is 5.32 Å². The van der Waals surface area contributed by atoms with Crippen molar-refractivity contribution in [3.63, 3.8) is 0 Å². The normalized spacial score (nSPS) is 28.2. The lowest BCUT2D eigenvalue weighted by Gasteiger charge is -2.25. The number of carbonyl (C=O) groups excluding carboxylic acids is 2. The van der Waals surface area contributed by atoms with Crippen LogP contribution in [0.25, 0.3) is 0 Å². The predicted octanol–water partition coefficient (Wildman–Crippen LogP) is 2.88. The molecule has 4 atom stereocenters. The van der Waals surface area contributed by atoms with Crippen molar-refractivity contribution in [1.29, 1.82) is 0 Å².